The Labute approximate surface area is 144 Å². The van der Waals surface area contributed by atoms with Crippen LogP contribution >= 0.6 is 0 Å². The number of halogens is 3. The lowest BCUT2D eigenvalue weighted by atomic mass is 10.0. The van der Waals surface area contributed by atoms with E-state index in [0.29, 0.717) is 0 Å². The Bertz CT molecular complexity index is 1000. The molecule has 0 atom stereocenters. The van der Waals surface area contributed by atoms with Crippen LogP contribution in [-0.2, 0) is 22.7 Å². The molecule has 1 aromatic carbocycles. The molecule has 0 radical (unpaired) electrons. The maximum absolute atomic E-state index is 12.9. The van der Waals surface area contributed by atoms with Gasteiger partial charge in [0.15, 0.2) is 0 Å². The zero-order chi connectivity index (χ0) is 19.3. The minimum Gasteiger partial charge on any atom is -0.382 e. The molecule has 1 aliphatic rings. The largest absolute Gasteiger partial charge is 0.442 e. The van der Waals surface area contributed by atoms with E-state index in [4.69, 9.17) is 5.73 Å². The Morgan fingerprint density at radius 3 is 2.23 bits per heavy atom. The molecule has 0 unspecified atom stereocenters. The van der Waals surface area contributed by atoms with E-state index in [1.165, 1.54) is 13.1 Å². The van der Waals surface area contributed by atoms with E-state index in [2.05, 4.69) is 15.3 Å². The van der Waals surface area contributed by atoms with E-state index in [0.717, 1.165) is 28.9 Å². The van der Waals surface area contributed by atoms with Crippen molar-refractivity contribution in [1.29, 1.82) is 0 Å². The van der Waals surface area contributed by atoms with Crippen LogP contribution in [0.5, 0.6) is 0 Å². The average molecular weight is 388 g/mol. The highest BCUT2D eigenvalue weighted by atomic mass is 32.2. The predicted molar refractivity (Wildman–Crippen MR) is 81.3 cm³/mol. The van der Waals surface area contributed by atoms with E-state index < -0.39 is 32.7 Å². The number of benzene rings is 1. The van der Waals surface area contributed by atoms with Gasteiger partial charge >= 0.3 is 11.8 Å². The van der Waals surface area contributed by atoms with E-state index in [1.807, 2.05) is 0 Å². The summed E-state index contributed by atoms with van der Waals surface area (Å²) in [5.41, 5.74) is 2.34. The standard InChI is InChI=1S/C13H11F3N6O3S/c1-22-9(6-10(17)18-22)11(23)19-26(24,25)8-4-2-7(3-5-8)12(20-21-12)13(14,15)16/h2-6H,1H3,(H2,17,18)(H,19,23). The first-order valence-corrected chi connectivity index (χ1v) is 8.42. The fourth-order valence-electron chi connectivity index (χ4n) is 2.24. The summed E-state index contributed by atoms with van der Waals surface area (Å²) >= 11 is 0. The SMILES string of the molecule is Cn1nc(N)cc1C(=O)NS(=O)(=O)c1ccc(C2(C(F)(F)F)N=N2)cc1. The van der Waals surface area contributed by atoms with Crippen molar-refractivity contribution < 1.29 is 26.4 Å². The van der Waals surface area contributed by atoms with Gasteiger partial charge in [-0.25, -0.2) is 13.1 Å². The van der Waals surface area contributed by atoms with Gasteiger partial charge in [-0.15, -0.1) is 10.2 Å². The van der Waals surface area contributed by atoms with Crippen molar-refractivity contribution in [3.05, 3.63) is 41.6 Å². The number of aromatic nitrogens is 2. The third-order valence-corrected chi connectivity index (χ3v) is 4.97. The van der Waals surface area contributed by atoms with Crippen LogP contribution in [0.15, 0.2) is 45.5 Å². The molecule has 2 aromatic rings. The summed E-state index contributed by atoms with van der Waals surface area (Å²) in [6, 6.07) is 4.92. The molecule has 0 bridgehead atoms. The molecular formula is C13H11F3N6O3S. The smallest absolute Gasteiger partial charge is 0.382 e. The quantitative estimate of drug-likeness (QED) is 0.815. The highest BCUT2D eigenvalue weighted by Crippen LogP contribution is 2.52. The van der Waals surface area contributed by atoms with Gasteiger partial charge in [-0.1, -0.05) is 12.1 Å². The Morgan fingerprint density at radius 1 is 1.23 bits per heavy atom. The Balaban J connectivity index is 1.82. The normalized spacial score (nSPS) is 15.7. The van der Waals surface area contributed by atoms with E-state index >= 15 is 0 Å². The summed E-state index contributed by atoms with van der Waals surface area (Å²) in [5.74, 6) is -0.964. The molecule has 0 fully saturated rings. The van der Waals surface area contributed by atoms with Crippen LogP contribution in [0.4, 0.5) is 19.0 Å². The zero-order valence-corrected chi connectivity index (χ0v) is 13.8. The van der Waals surface area contributed by atoms with Crippen molar-refractivity contribution in [1.82, 2.24) is 14.5 Å². The second kappa shape index (κ2) is 5.52. The van der Waals surface area contributed by atoms with E-state index in [1.54, 1.807) is 4.72 Å². The highest BCUT2D eigenvalue weighted by Gasteiger charge is 2.65. The lowest BCUT2D eigenvalue weighted by molar-refractivity contribution is -0.166. The number of aryl methyl sites for hydroxylation is 1. The number of sulfonamides is 1. The van der Waals surface area contributed by atoms with Crippen LogP contribution in [0.1, 0.15) is 16.1 Å². The number of rotatable bonds is 4. The molecule has 0 spiro atoms. The van der Waals surface area contributed by atoms with Crippen LogP contribution in [0, 0.1) is 0 Å². The average Bonchev–Trinajstić information content (AvgIpc) is 3.27. The first-order valence-electron chi connectivity index (χ1n) is 6.94. The number of alkyl halides is 3. The third-order valence-electron chi connectivity index (χ3n) is 3.62. The topological polar surface area (TPSA) is 132 Å². The van der Waals surface area contributed by atoms with Crippen molar-refractivity contribution in [2.24, 2.45) is 17.3 Å². The fraction of sp³-hybridized carbons (Fsp3) is 0.231. The van der Waals surface area contributed by atoms with Crippen LogP contribution in [0.25, 0.3) is 0 Å². The molecule has 9 nitrogen and oxygen atoms in total. The van der Waals surface area contributed by atoms with Crippen molar-refractivity contribution in [3.63, 3.8) is 0 Å². The maximum Gasteiger partial charge on any atom is 0.442 e. The van der Waals surface area contributed by atoms with Crippen LogP contribution in [0.2, 0.25) is 0 Å². The lowest BCUT2D eigenvalue weighted by Gasteiger charge is -2.15. The molecule has 1 amide bonds. The van der Waals surface area contributed by atoms with Gasteiger partial charge in [-0.2, -0.15) is 18.3 Å². The molecule has 0 saturated carbocycles. The Kier molecular flexibility index (Phi) is 3.79. The first-order chi connectivity index (χ1) is 12.0. The lowest BCUT2D eigenvalue weighted by Crippen LogP contribution is -2.32. The van der Waals surface area contributed by atoms with Gasteiger partial charge in [0.05, 0.1) is 4.90 Å². The number of carbonyl (C=O) groups excluding carboxylic acids is 1. The fourth-order valence-corrected chi connectivity index (χ4v) is 3.21. The van der Waals surface area contributed by atoms with Gasteiger partial charge in [-0.3, -0.25) is 9.48 Å². The van der Waals surface area contributed by atoms with Gasteiger partial charge in [0, 0.05) is 18.7 Å². The number of nitrogens with two attached hydrogens (primary N) is 1. The summed E-state index contributed by atoms with van der Waals surface area (Å²) in [4.78, 5) is 11.6. The van der Waals surface area contributed by atoms with Gasteiger partial charge in [-0.05, 0) is 12.1 Å². The molecule has 3 rings (SSSR count). The summed E-state index contributed by atoms with van der Waals surface area (Å²) in [7, 11) is -2.92. The number of carbonyl (C=O) groups is 1. The maximum atomic E-state index is 12.9. The van der Waals surface area contributed by atoms with Crippen molar-refractivity contribution in [2.45, 2.75) is 16.7 Å². The van der Waals surface area contributed by atoms with Crippen molar-refractivity contribution in [2.75, 3.05) is 5.73 Å². The van der Waals surface area contributed by atoms with E-state index in [9.17, 15) is 26.4 Å². The van der Waals surface area contributed by atoms with Gasteiger partial charge in [0.2, 0.25) is 0 Å². The molecule has 138 valence electrons. The van der Waals surface area contributed by atoms with Gasteiger partial charge < -0.3 is 5.73 Å². The Morgan fingerprint density at radius 2 is 1.81 bits per heavy atom. The second-order valence-electron chi connectivity index (χ2n) is 5.41. The molecule has 0 saturated heterocycles. The number of hydrogen-bond acceptors (Lipinski definition) is 7. The second-order valence-corrected chi connectivity index (χ2v) is 7.09. The monoisotopic (exact) mass is 388 g/mol. The molecule has 3 N–H and O–H groups in total. The van der Waals surface area contributed by atoms with Gasteiger partial charge in [0.25, 0.3) is 15.9 Å². The van der Waals surface area contributed by atoms with Crippen molar-refractivity contribution >= 4 is 21.7 Å². The molecule has 2 heterocycles. The number of nitrogen functional groups attached to an aromatic ring is 1. The predicted octanol–water partition coefficient (Wildman–Crippen LogP) is 1.30. The summed E-state index contributed by atoms with van der Waals surface area (Å²) in [6.07, 6.45) is -4.72. The first kappa shape index (κ1) is 17.8. The number of anilines is 1. The molecule has 26 heavy (non-hydrogen) atoms. The van der Waals surface area contributed by atoms with Crippen LogP contribution < -0.4 is 10.5 Å². The summed E-state index contributed by atoms with van der Waals surface area (Å²) < 4.78 is 66.2. The Hall–Kier alpha value is -2.96. The minimum atomic E-state index is -4.72. The van der Waals surface area contributed by atoms with E-state index in [-0.39, 0.29) is 17.1 Å². The highest BCUT2D eigenvalue weighted by molar-refractivity contribution is 7.90. The molecule has 0 aliphatic carbocycles. The zero-order valence-electron chi connectivity index (χ0n) is 13.0. The summed E-state index contributed by atoms with van der Waals surface area (Å²) in [5, 5.41) is 9.77. The number of nitrogens with zero attached hydrogens (tertiary/aromatic N) is 4. The molecule has 13 heteroatoms. The molecular weight excluding hydrogens is 377 g/mol. The molecule has 1 aromatic heterocycles. The third kappa shape index (κ3) is 2.89. The minimum absolute atomic E-state index is 0.0220. The van der Waals surface area contributed by atoms with Crippen molar-refractivity contribution in [3.8, 4) is 0 Å². The number of amides is 1. The number of nitrogens with one attached hydrogen (secondary N) is 1. The molecule has 1 aliphatic heterocycles. The summed E-state index contributed by atoms with van der Waals surface area (Å²) in [6.45, 7) is 0. The van der Waals surface area contributed by atoms with Crippen LogP contribution in [0.3, 0.4) is 0 Å². The van der Waals surface area contributed by atoms with Crippen LogP contribution in [-0.4, -0.2) is 30.3 Å². The number of hydrogen-bond donors (Lipinski definition) is 2. The van der Waals surface area contributed by atoms with Gasteiger partial charge in [0.1, 0.15) is 11.5 Å².